The third-order valence-electron chi connectivity index (χ3n) is 3.91. The summed E-state index contributed by atoms with van der Waals surface area (Å²) in [6, 6.07) is 0. The third-order valence-corrected chi connectivity index (χ3v) is 5.01. The number of nitrogens with zero attached hydrogens (tertiary/aromatic N) is 2. The molecule has 1 fully saturated rings. The zero-order valence-corrected chi connectivity index (χ0v) is 14.0. The highest BCUT2D eigenvalue weighted by atomic mass is 127. The predicted octanol–water partition coefficient (Wildman–Crippen LogP) is 3.59. The van der Waals surface area contributed by atoms with Gasteiger partial charge in [-0.05, 0) is 41.4 Å². The van der Waals surface area contributed by atoms with E-state index in [2.05, 4.69) is 41.4 Å². The summed E-state index contributed by atoms with van der Waals surface area (Å²) in [5.74, 6) is 1.70. The molecule has 0 amide bonds. The lowest BCUT2D eigenvalue weighted by atomic mass is 9.83. The van der Waals surface area contributed by atoms with Gasteiger partial charge < -0.3 is 10.5 Å². The van der Waals surface area contributed by atoms with Crippen LogP contribution in [-0.4, -0.2) is 17.1 Å². The van der Waals surface area contributed by atoms with Crippen molar-refractivity contribution < 1.29 is 4.74 Å². The fraction of sp³-hybridized carbons (Fsp3) is 0.714. The van der Waals surface area contributed by atoms with Gasteiger partial charge in [0.05, 0.1) is 9.26 Å². The second kappa shape index (κ2) is 5.91. The van der Waals surface area contributed by atoms with Crippen LogP contribution in [0.15, 0.2) is 0 Å². The molecule has 0 aliphatic heterocycles. The zero-order chi connectivity index (χ0) is 14.0. The standard InChI is InChI=1S/C14H22IN3O/c1-9(2)11-10(15)12(16)18-13(17-11)14(19-3)7-5-4-6-8-14/h9H,4-8H2,1-3H3,(H2,16,17,18). The Labute approximate surface area is 128 Å². The van der Waals surface area contributed by atoms with E-state index in [1.807, 2.05) is 0 Å². The van der Waals surface area contributed by atoms with Gasteiger partial charge in [-0.2, -0.15) is 0 Å². The number of hydrogen-bond donors (Lipinski definition) is 1. The number of nitrogen functional groups attached to an aromatic ring is 1. The Morgan fingerprint density at radius 2 is 1.84 bits per heavy atom. The summed E-state index contributed by atoms with van der Waals surface area (Å²) in [6.45, 7) is 4.27. The van der Waals surface area contributed by atoms with E-state index in [0.717, 1.165) is 27.9 Å². The van der Waals surface area contributed by atoms with Crippen molar-refractivity contribution in [1.82, 2.24) is 9.97 Å². The fourth-order valence-corrected chi connectivity index (χ4v) is 3.57. The zero-order valence-electron chi connectivity index (χ0n) is 11.9. The molecule has 19 heavy (non-hydrogen) atoms. The van der Waals surface area contributed by atoms with Crippen molar-refractivity contribution in [1.29, 1.82) is 0 Å². The Morgan fingerprint density at radius 1 is 1.21 bits per heavy atom. The van der Waals surface area contributed by atoms with Crippen LogP contribution in [0.4, 0.5) is 5.82 Å². The largest absolute Gasteiger partial charge is 0.383 e. The van der Waals surface area contributed by atoms with E-state index in [9.17, 15) is 0 Å². The quantitative estimate of drug-likeness (QED) is 0.821. The number of ether oxygens (including phenoxy) is 1. The van der Waals surface area contributed by atoms with Crippen LogP contribution in [0.3, 0.4) is 0 Å². The van der Waals surface area contributed by atoms with Gasteiger partial charge in [0, 0.05) is 7.11 Å². The highest BCUT2D eigenvalue weighted by Crippen LogP contribution is 2.39. The molecule has 1 aromatic rings. The normalized spacial score (nSPS) is 18.8. The highest BCUT2D eigenvalue weighted by Gasteiger charge is 2.37. The van der Waals surface area contributed by atoms with Crippen molar-refractivity contribution in [2.75, 3.05) is 12.8 Å². The molecule has 2 rings (SSSR count). The van der Waals surface area contributed by atoms with Crippen molar-refractivity contribution in [2.45, 2.75) is 57.5 Å². The summed E-state index contributed by atoms with van der Waals surface area (Å²) in [4.78, 5) is 9.29. The molecule has 1 aliphatic carbocycles. The Bertz CT molecular complexity index is 456. The molecule has 106 valence electrons. The van der Waals surface area contributed by atoms with Gasteiger partial charge >= 0.3 is 0 Å². The fourth-order valence-electron chi connectivity index (χ4n) is 2.71. The lowest BCUT2D eigenvalue weighted by molar-refractivity contribution is -0.0515. The van der Waals surface area contributed by atoms with Gasteiger partial charge in [0.1, 0.15) is 11.4 Å². The van der Waals surface area contributed by atoms with E-state index < -0.39 is 0 Å². The first-order valence-electron chi connectivity index (χ1n) is 6.88. The smallest absolute Gasteiger partial charge is 0.162 e. The number of rotatable bonds is 3. The van der Waals surface area contributed by atoms with Gasteiger partial charge in [-0.15, -0.1) is 0 Å². The SMILES string of the molecule is COC1(c2nc(N)c(I)c(C(C)C)n2)CCCCC1. The van der Waals surface area contributed by atoms with E-state index in [1.165, 1.54) is 19.3 Å². The summed E-state index contributed by atoms with van der Waals surface area (Å²) in [5.41, 5.74) is 6.76. The Morgan fingerprint density at radius 3 is 2.37 bits per heavy atom. The van der Waals surface area contributed by atoms with Gasteiger partial charge in [0.25, 0.3) is 0 Å². The maximum Gasteiger partial charge on any atom is 0.162 e. The molecule has 0 radical (unpaired) electrons. The van der Waals surface area contributed by atoms with Crippen LogP contribution in [0.1, 0.15) is 63.4 Å². The molecule has 1 heterocycles. The number of hydrogen-bond acceptors (Lipinski definition) is 4. The third kappa shape index (κ3) is 2.86. The molecule has 1 aromatic heterocycles. The van der Waals surface area contributed by atoms with Crippen molar-refractivity contribution in [3.8, 4) is 0 Å². The van der Waals surface area contributed by atoms with E-state index >= 15 is 0 Å². The van der Waals surface area contributed by atoms with Gasteiger partial charge in [0.2, 0.25) is 0 Å². The van der Waals surface area contributed by atoms with Crippen molar-refractivity contribution >= 4 is 28.4 Å². The number of aromatic nitrogens is 2. The molecule has 0 spiro atoms. The molecule has 0 aromatic carbocycles. The van der Waals surface area contributed by atoms with Gasteiger partial charge in [-0.25, -0.2) is 9.97 Å². The van der Waals surface area contributed by atoms with Crippen LogP contribution in [0.5, 0.6) is 0 Å². The molecule has 0 unspecified atom stereocenters. The van der Waals surface area contributed by atoms with Crippen molar-refractivity contribution in [3.05, 3.63) is 15.1 Å². The van der Waals surface area contributed by atoms with Crippen molar-refractivity contribution in [3.63, 3.8) is 0 Å². The highest BCUT2D eigenvalue weighted by molar-refractivity contribution is 14.1. The maximum atomic E-state index is 6.07. The van der Waals surface area contributed by atoms with E-state index in [4.69, 9.17) is 15.5 Å². The minimum Gasteiger partial charge on any atom is -0.383 e. The summed E-state index contributed by atoms with van der Waals surface area (Å²) < 4.78 is 6.78. The first-order chi connectivity index (χ1) is 9.00. The van der Waals surface area contributed by atoms with Gasteiger partial charge in [-0.1, -0.05) is 33.1 Å². The Balaban J connectivity index is 2.49. The first-order valence-corrected chi connectivity index (χ1v) is 7.96. The number of nitrogens with two attached hydrogens (primary N) is 1. The van der Waals surface area contributed by atoms with Crippen LogP contribution in [0.25, 0.3) is 0 Å². The lowest BCUT2D eigenvalue weighted by Gasteiger charge is -2.35. The van der Waals surface area contributed by atoms with Crippen LogP contribution < -0.4 is 5.73 Å². The maximum absolute atomic E-state index is 6.07. The summed E-state index contributed by atoms with van der Waals surface area (Å²) in [5, 5.41) is 0. The molecule has 0 bridgehead atoms. The minimum atomic E-state index is -0.333. The molecule has 0 atom stereocenters. The Kier molecular flexibility index (Phi) is 4.66. The van der Waals surface area contributed by atoms with Crippen LogP contribution in [0.2, 0.25) is 0 Å². The second-order valence-electron chi connectivity index (χ2n) is 5.55. The predicted molar refractivity (Wildman–Crippen MR) is 85.0 cm³/mol. The summed E-state index contributed by atoms with van der Waals surface area (Å²) in [6.07, 6.45) is 5.57. The molecular formula is C14H22IN3O. The summed E-state index contributed by atoms with van der Waals surface area (Å²) in [7, 11) is 1.76. The minimum absolute atomic E-state index is 0.333. The number of halogens is 1. The van der Waals surface area contributed by atoms with Gasteiger partial charge in [-0.3, -0.25) is 0 Å². The van der Waals surface area contributed by atoms with Crippen LogP contribution in [0, 0.1) is 3.57 Å². The molecule has 0 saturated heterocycles. The monoisotopic (exact) mass is 375 g/mol. The molecule has 5 heteroatoms. The lowest BCUT2D eigenvalue weighted by Crippen LogP contribution is -2.34. The second-order valence-corrected chi connectivity index (χ2v) is 6.62. The molecule has 1 aliphatic rings. The molecule has 2 N–H and O–H groups in total. The topological polar surface area (TPSA) is 61.0 Å². The molecular weight excluding hydrogens is 353 g/mol. The molecule has 4 nitrogen and oxygen atoms in total. The van der Waals surface area contributed by atoms with E-state index in [1.54, 1.807) is 7.11 Å². The van der Waals surface area contributed by atoms with E-state index in [-0.39, 0.29) is 5.60 Å². The van der Waals surface area contributed by atoms with Gasteiger partial charge in [0.15, 0.2) is 5.82 Å². The average molecular weight is 375 g/mol. The first kappa shape index (κ1) is 15.0. The average Bonchev–Trinajstić information content (AvgIpc) is 2.42. The number of methoxy groups -OCH3 is 1. The van der Waals surface area contributed by atoms with Crippen LogP contribution in [-0.2, 0) is 10.3 Å². The van der Waals surface area contributed by atoms with Crippen LogP contribution >= 0.6 is 22.6 Å². The van der Waals surface area contributed by atoms with E-state index in [0.29, 0.717) is 11.7 Å². The Hall–Kier alpha value is -0.430. The summed E-state index contributed by atoms with van der Waals surface area (Å²) >= 11 is 2.23. The van der Waals surface area contributed by atoms with Crippen molar-refractivity contribution in [2.24, 2.45) is 0 Å². The number of anilines is 1. The molecule has 1 saturated carbocycles.